The topological polar surface area (TPSA) is 59.3 Å². The van der Waals surface area contributed by atoms with Gasteiger partial charge >= 0.3 is 0 Å². The van der Waals surface area contributed by atoms with Gasteiger partial charge in [0.05, 0.1) is 25.6 Å². The van der Waals surface area contributed by atoms with Gasteiger partial charge in [-0.15, -0.1) is 0 Å². The molecule has 5 nitrogen and oxygen atoms in total. The number of nitrogens with one attached hydrogen (secondary N) is 1. The molecule has 0 amide bonds. The molecule has 0 aliphatic heterocycles. The molecule has 0 aliphatic rings. The molecule has 21 heavy (non-hydrogen) atoms. The van der Waals surface area contributed by atoms with E-state index in [2.05, 4.69) is 10.3 Å². The maximum Gasteiger partial charge on any atom is 0.0946 e. The Morgan fingerprint density at radius 1 is 1.33 bits per heavy atom. The standard InChI is InChI=1S/C15H20ClN3O2/c16-14-3-1-13(2-4-14)10-21-11-15(20)9-17-5-7-19-8-6-18-12-19/h1-4,6,8,12,15,17,20H,5,7,9-11H2. The van der Waals surface area contributed by atoms with Crippen molar-refractivity contribution < 1.29 is 9.84 Å². The number of halogens is 1. The fraction of sp³-hybridized carbons (Fsp3) is 0.400. The van der Waals surface area contributed by atoms with Crippen molar-refractivity contribution in [3.8, 4) is 0 Å². The molecule has 2 aromatic rings. The van der Waals surface area contributed by atoms with E-state index in [9.17, 15) is 5.11 Å². The fourth-order valence-corrected chi connectivity index (χ4v) is 1.97. The van der Waals surface area contributed by atoms with Gasteiger partial charge in [0.25, 0.3) is 0 Å². The van der Waals surface area contributed by atoms with Gasteiger partial charge in [-0.2, -0.15) is 0 Å². The van der Waals surface area contributed by atoms with Crippen molar-refractivity contribution in [1.82, 2.24) is 14.9 Å². The van der Waals surface area contributed by atoms with Crippen molar-refractivity contribution in [2.24, 2.45) is 0 Å². The van der Waals surface area contributed by atoms with Gasteiger partial charge in [0.1, 0.15) is 0 Å². The van der Waals surface area contributed by atoms with E-state index in [1.807, 2.05) is 35.0 Å². The van der Waals surface area contributed by atoms with Gasteiger partial charge in [0.2, 0.25) is 0 Å². The molecule has 1 heterocycles. The molecule has 0 spiro atoms. The van der Waals surface area contributed by atoms with Gasteiger partial charge in [-0.1, -0.05) is 23.7 Å². The maximum absolute atomic E-state index is 9.80. The van der Waals surface area contributed by atoms with Crippen molar-refractivity contribution in [2.45, 2.75) is 19.3 Å². The monoisotopic (exact) mass is 309 g/mol. The van der Waals surface area contributed by atoms with Crippen molar-refractivity contribution in [2.75, 3.05) is 19.7 Å². The summed E-state index contributed by atoms with van der Waals surface area (Å²) in [4.78, 5) is 3.97. The Morgan fingerprint density at radius 3 is 2.86 bits per heavy atom. The number of aromatic nitrogens is 2. The van der Waals surface area contributed by atoms with Crippen LogP contribution in [0.1, 0.15) is 5.56 Å². The van der Waals surface area contributed by atoms with Crippen LogP contribution in [0.2, 0.25) is 5.02 Å². The number of hydrogen-bond acceptors (Lipinski definition) is 4. The quantitative estimate of drug-likeness (QED) is 0.692. The fourth-order valence-electron chi connectivity index (χ4n) is 1.85. The first-order valence-electron chi connectivity index (χ1n) is 6.91. The maximum atomic E-state index is 9.80. The lowest BCUT2D eigenvalue weighted by atomic mass is 10.2. The van der Waals surface area contributed by atoms with Crippen molar-refractivity contribution >= 4 is 11.6 Å². The predicted octanol–water partition coefficient (Wildman–Crippen LogP) is 1.70. The predicted molar refractivity (Wildman–Crippen MR) is 82.2 cm³/mol. The molecular weight excluding hydrogens is 290 g/mol. The number of aliphatic hydroxyl groups excluding tert-OH is 1. The number of aliphatic hydroxyl groups is 1. The zero-order chi connectivity index (χ0) is 14.9. The average Bonchev–Trinajstić information content (AvgIpc) is 2.99. The molecule has 0 saturated heterocycles. The van der Waals surface area contributed by atoms with Crippen molar-refractivity contribution in [3.63, 3.8) is 0 Å². The van der Waals surface area contributed by atoms with Crippen LogP contribution in [0.4, 0.5) is 0 Å². The molecule has 1 aromatic carbocycles. The summed E-state index contributed by atoms with van der Waals surface area (Å²) in [6.45, 7) is 2.90. The highest BCUT2D eigenvalue weighted by Crippen LogP contribution is 2.10. The zero-order valence-electron chi connectivity index (χ0n) is 11.8. The second-order valence-electron chi connectivity index (χ2n) is 4.80. The molecule has 114 valence electrons. The van der Waals surface area contributed by atoms with Crippen LogP contribution in [0.5, 0.6) is 0 Å². The van der Waals surface area contributed by atoms with Gasteiger partial charge in [0.15, 0.2) is 0 Å². The molecule has 2 N–H and O–H groups in total. The highest BCUT2D eigenvalue weighted by molar-refractivity contribution is 6.30. The summed E-state index contributed by atoms with van der Waals surface area (Å²) in [6, 6.07) is 7.48. The number of nitrogens with zero attached hydrogens (tertiary/aromatic N) is 2. The molecule has 0 bridgehead atoms. The third kappa shape index (κ3) is 6.27. The Hall–Kier alpha value is -1.40. The highest BCUT2D eigenvalue weighted by Gasteiger charge is 2.04. The Kier molecular flexibility index (Phi) is 6.69. The van der Waals surface area contributed by atoms with Crippen LogP contribution in [0.15, 0.2) is 43.0 Å². The minimum atomic E-state index is -0.514. The van der Waals surface area contributed by atoms with E-state index >= 15 is 0 Å². The molecule has 0 aliphatic carbocycles. The minimum Gasteiger partial charge on any atom is -0.389 e. The second kappa shape index (κ2) is 8.79. The molecule has 2 rings (SSSR count). The van der Waals surface area contributed by atoms with Gasteiger partial charge < -0.3 is 19.7 Å². The third-order valence-corrected chi connectivity index (χ3v) is 3.23. The normalized spacial score (nSPS) is 12.5. The number of imidazole rings is 1. The molecular formula is C15H20ClN3O2. The van der Waals surface area contributed by atoms with Crippen LogP contribution in [0.3, 0.4) is 0 Å². The largest absolute Gasteiger partial charge is 0.389 e. The Labute approximate surface area is 129 Å². The first-order chi connectivity index (χ1) is 10.2. The Morgan fingerprint density at radius 2 is 2.14 bits per heavy atom. The summed E-state index contributed by atoms with van der Waals surface area (Å²) in [6.07, 6.45) is 4.92. The molecule has 6 heteroatoms. The summed E-state index contributed by atoms with van der Waals surface area (Å²) >= 11 is 5.81. The first kappa shape index (κ1) is 16.0. The van der Waals surface area contributed by atoms with Gasteiger partial charge in [-0.25, -0.2) is 4.98 Å². The first-order valence-corrected chi connectivity index (χ1v) is 7.28. The lowest BCUT2D eigenvalue weighted by molar-refractivity contribution is 0.0289. The van der Waals surface area contributed by atoms with Gasteiger partial charge in [-0.05, 0) is 17.7 Å². The third-order valence-electron chi connectivity index (χ3n) is 2.98. The lowest BCUT2D eigenvalue weighted by Gasteiger charge is -2.12. The van der Waals surface area contributed by atoms with E-state index in [1.165, 1.54) is 0 Å². The minimum absolute atomic E-state index is 0.306. The Balaban J connectivity index is 1.53. The van der Waals surface area contributed by atoms with Crippen LogP contribution >= 0.6 is 11.6 Å². The smallest absolute Gasteiger partial charge is 0.0946 e. The molecule has 0 saturated carbocycles. The van der Waals surface area contributed by atoms with Crippen molar-refractivity contribution in [3.05, 3.63) is 53.6 Å². The summed E-state index contributed by atoms with van der Waals surface area (Å²) in [7, 11) is 0. The van der Waals surface area contributed by atoms with Crippen LogP contribution in [-0.2, 0) is 17.9 Å². The SMILES string of the molecule is OC(CNCCn1ccnc1)COCc1ccc(Cl)cc1. The van der Waals surface area contributed by atoms with E-state index in [0.29, 0.717) is 24.8 Å². The zero-order valence-corrected chi connectivity index (χ0v) is 12.5. The lowest BCUT2D eigenvalue weighted by Crippen LogP contribution is -2.32. The van der Waals surface area contributed by atoms with E-state index in [4.69, 9.17) is 16.3 Å². The molecule has 0 fully saturated rings. The van der Waals surface area contributed by atoms with E-state index in [1.54, 1.807) is 12.5 Å². The Bertz CT molecular complexity index is 502. The molecule has 1 atom stereocenters. The van der Waals surface area contributed by atoms with Crippen LogP contribution in [0.25, 0.3) is 0 Å². The summed E-state index contributed by atoms with van der Waals surface area (Å²) in [5.41, 5.74) is 1.04. The molecule has 1 unspecified atom stereocenters. The number of hydrogen-bond donors (Lipinski definition) is 2. The van der Waals surface area contributed by atoms with Gasteiger partial charge in [-0.3, -0.25) is 0 Å². The molecule has 1 aromatic heterocycles. The van der Waals surface area contributed by atoms with E-state index < -0.39 is 6.10 Å². The number of ether oxygens (including phenoxy) is 1. The highest BCUT2D eigenvalue weighted by atomic mass is 35.5. The number of benzene rings is 1. The number of rotatable bonds is 9. The summed E-state index contributed by atoms with van der Waals surface area (Å²) in [5.74, 6) is 0. The van der Waals surface area contributed by atoms with Gasteiger partial charge in [0, 0.05) is 37.1 Å². The van der Waals surface area contributed by atoms with E-state index in [-0.39, 0.29) is 0 Å². The van der Waals surface area contributed by atoms with Crippen LogP contribution < -0.4 is 5.32 Å². The molecule has 0 radical (unpaired) electrons. The summed E-state index contributed by atoms with van der Waals surface area (Å²) in [5, 5.41) is 13.7. The van der Waals surface area contributed by atoms with Crippen LogP contribution in [0, 0.1) is 0 Å². The van der Waals surface area contributed by atoms with Crippen molar-refractivity contribution in [1.29, 1.82) is 0 Å². The van der Waals surface area contributed by atoms with Crippen LogP contribution in [-0.4, -0.2) is 40.5 Å². The van der Waals surface area contributed by atoms with E-state index in [0.717, 1.165) is 18.7 Å². The average molecular weight is 310 g/mol. The summed E-state index contributed by atoms with van der Waals surface area (Å²) < 4.78 is 7.46. The second-order valence-corrected chi connectivity index (χ2v) is 5.24.